The van der Waals surface area contributed by atoms with E-state index in [-0.39, 0.29) is 6.04 Å². The van der Waals surface area contributed by atoms with E-state index in [4.69, 9.17) is 16.3 Å². The van der Waals surface area contributed by atoms with Crippen molar-refractivity contribution in [2.24, 2.45) is 0 Å². The van der Waals surface area contributed by atoms with E-state index in [1.807, 2.05) is 30.3 Å². The fourth-order valence-corrected chi connectivity index (χ4v) is 2.33. The van der Waals surface area contributed by atoms with Gasteiger partial charge in [-0.1, -0.05) is 30.7 Å². The number of nitrogens with one attached hydrogen (secondary N) is 1. The van der Waals surface area contributed by atoms with Gasteiger partial charge in [0.15, 0.2) is 0 Å². The molecule has 4 heteroatoms. The van der Waals surface area contributed by atoms with E-state index in [0.717, 1.165) is 23.6 Å². The molecule has 1 atom stereocenters. The van der Waals surface area contributed by atoms with Crippen LogP contribution < -0.4 is 10.1 Å². The number of aromatic nitrogens is 1. The number of hydrogen-bond acceptors (Lipinski definition) is 3. The first-order chi connectivity index (χ1) is 9.72. The SMILES string of the molecule is CCC(NCc1ccnc(OC)c1)c1cccc(Cl)c1. The van der Waals surface area contributed by atoms with Crippen LogP contribution in [0.5, 0.6) is 5.88 Å². The zero-order valence-corrected chi connectivity index (χ0v) is 12.5. The van der Waals surface area contributed by atoms with Gasteiger partial charge in [-0.2, -0.15) is 0 Å². The number of pyridine rings is 1. The van der Waals surface area contributed by atoms with Gasteiger partial charge < -0.3 is 10.1 Å². The second-order valence-electron chi connectivity index (χ2n) is 4.60. The molecule has 0 aliphatic rings. The molecule has 2 aromatic rings. The van der Waals surface area contributed by atoms with E-state index >= 15 is 0 Å². The highest BCUT2D eigenvalue weighted by atomic mass is 35.5. The first-order valence-corrected chi connectivity index (χ1v) is 7.08. The van der Waals surface area contributed by atoms with Crippen LogP contribution in [-0.4, -0.2) is 12.1 Å². The van der Waals surface area contributed by atoms with Crippen molar-refractivity contribution in [1.29, 1.82) is 0 Å². The predicted molar refractivity (Wildman–Crippen MR) is 82.1 cm³/mol. The molecule has 1 unspecified atom stereocenters. The number of benzene rings is 1. The Bertz CT molecular complexity index is 560. The molecule has 20 heavy (non-hydrogen) atoms. The summed E-state index contributed by atoms with van der Waals surface area (Å²) in [5.41, 5.74) is 2.36. The molecule has 106 valence electrons. The van der Waals surface area contributed by atoms with E-state index in [2.05, 4.69) is 23.3 Å². The first kappa shape index (κ1) is 14.8. The van der Waals surface area contributed by atoms with Crippen LogP contribution in [0.25, 0.3) is 0 Å². The lowest BCUT2D eigenvalue weighted by Crippen LogP contribution is -2.20. The van der Waals surface area contributed by atoms with Gasteiger partial charge in [0.2, 0.25) is 5.88 Å². The molecule has 1 heterocycles. The smallest absolute Gasteiger partial charge is 0.213 e. The Kier molecular flexibility index (Phi) is 5.39. The van der Waals surface area contributed by atoms with Crippen molar-refractivity contribution < 1.29 is 4.74 Å². The summed E-state index contributed by atoms with van der Waals surface area (Å²) in [5.74, 6) is 0.639. The van der Waals surface area contributed by atoms with Crippen molar-refractivity contribution in [2.45, 2.75) is 25.9 Å². The van der Waals surface area contributed by atoms with Crippen LogP contribution in [0.1, 0.15) is 30.5 Å². The second kappa shape index (κ2) is 7.27. The summed E-state index contributed by atoms with van der Waals surface area (Å²) >= 11 is 6.05. The van der Waals surface area contributed by atoms with Gasteiger partial charge in [0.05, 0.1) is 7.11 Å². The van der Waals surface area contributed by atoms with Gasteiger partial charge in [-0.3, -0.25) is 0 Å². The monoisotopic (exact) mass is 290 g/mol. The normalized spacial score (nSPS) is 12.2. The van der Waals surface area contributed by atoms with Gasteiger partial charge in [-0.25, -0.2) is 4.98 Å². The summed E-state index contributed by atoms with van der Waals surface area (Å²) < 4.78 is 5.13. The van der Waals surface area contributed by atoms with Crippen LogP contribution in [-0.2, 0) is 6.54 Å². The maximum Gasteiger partial charge on any atom is 0.213 e. The zero-order chi connectivity index (χ0) is 14.4. The van der Waals surface area contributed by atoms with Crippen molar-refractivity contribution in [3.63, 3.8) is 0 Å². The summed E-state index contributed by atoms with van der Waals surface area (Å²) in [6, 6.07) is 12.2. The van der Waals surface area contributed by atoms with Gasteiger partial charge in [0.1, 0.15) is 0 Å². The molecule has 0 radical (unpaired) electrons. The Balaban J connectivity index is 2.03. The van der Waals surface area contributed by atoms with E-state index < -0.39 is 0 Å². The summed E-state index contributed by atoms with van der Waals surface area (Å²) in [6.45, 7) is 2.93. The number of halogens is 1. The van der Waals surface area contributed by atoms with Crippen molar-refractivity contribution in [3.05, 3.63) is 58.7 Å². The molecule has 0 spiro atoms. The quantitative estimate of drug-likeness (QED) is 0.873. The molecule has 0 aliphatic heterocycles. The third-order valence-electron chi connectivity index (χ3n) is 3.22. The Hall–Kier alpha value is -1.58. The molecule has 0 bridgehead atoms. The topological polar surface area (TPSA) is 34.2 Å². The van der Waals surface area contributed by atoms with Gasteiger partial charge in [-0.05, 0) is 35.7 Å². The van der Waals surface area contributed by atoms with E-state index in [9.17, 15) is 0 Å². The van der Waals surface area contributed by atoms with Crippen LogP contribution >= 0.6 is 11.6 Å². The molecular weight excluding hydrogens is 272 g/mol. The van der Waals surface area contributed by atoms with Crippen LogP contribution in [0.15, 0.2) is 42.6 Å². The number of rotatable bonds is 6. The molecule has 1 aromatic heterocycles. The molecule has 0 saturated heterocycles. The van der Waals surface area contributed by atoms with E-state index in [0.29, 0.717) is 5.88 Å². The fourth-order valence-electron chi connectivity index (χ4n) is 2.13. The number of methoxy groups -OCH3 is 1. The molecule has 1 aromatic carbocycles. The van der Waals surface area contributed by atoms with E-state index in [1.165, 1.54) is 5.56 Å². The third kappa shape index (κ3) is 3.95. The largest absolute Gasteiger partial charge is 0.481 e. The van der Waals surface area contributed by atoms with Crippen LogP contribution in [0.2, 0.25) is 5.02 Å². The van der Waals surface area contributed by atoms with Crippen LogP contribution in [0, 0.1) is 0 Å². The number of hydrogen-bond donors (Lipinski definition) is 1. The average molecular weight is 291 g/mol. The van der Waals surface area contributed by atoms with E-state index in [1.54, 1.807) is 13.3 Å². The highest BCUT2D eigenvalue weighted by Gasteiger charge is 2.09. The van der Waals surface area contributed by atoms with Crippen LogP contribution in [0.4, 0.5) is 0 Å². The summed E-state index contributed by atoms with van der Waals surface area (Å²) in [7, 11) is 1.63. The molecule has 0 fully saturated rings. The number of nitrogens with zero attached hydrogens (tertiary/aromatic N) is 1. The van der Waals surface area contributed by atoms with Crippen molar-refractivity contribution in [2.75, 3.05) is 7.11 Å². The summed E-state index contributed by atoms with van der Waals surface area (Å²) in [6.07, 6.45) is 2.76. The lowest BCUT2D eigenvalue weighted by molar-refractivity contribution is 0.396. The van der Waals surface area contributed by atoms with Gasteiger partial charge >= 0.3 is 0 Å². The predicted octanol–water partition coefficient (Wildman–Crippen LogP) is 3.98. The third-order valence-corrected chi connectivity index (χ3v) is 3.46. The molecule has 0 amide bonds. The molecule has 2 rings (SSSR count). The standard InChI is InChI=1S/C16H19ClN2O/c1-3-15(13-5-4-6-14(17)10-13)19-11-12-7-8-18-16(9-12)20-2/h4-10,15,19H,3,11H2,1-2H3. The Morgan fingerprint density at radius 1 is 1.30 bits per heavy atom. The highest BCUT2D eigenvalue weighted by Crippen LogP contribution is 2.21. The van der Waals surface area contributed by atoms with Crippen molar-refractivity contribution in [1.82, 2.24) is 10.3 Å². The van der Waals surface area contributed by atoms with Gasteiger partial charge in [-0.15, -0.1) is 0 Å². The molecule has 0 saturated carbocycles. The molecule has 1 N–H and O–H groups in total. The molecule has 3 nitrogen and oxygen atoms in total. The maximum atomic E-state index is 6.05. The Morgan fingerprint density at radius 2 is 2.15 bits per heavy atom. The minimum absolute atomic E-state index is 0.285. The number of ether oxygens (including phenoxy) is 1. The van der Waals surface area contributed by atoms with Crippen molar-refractivity contribution in [3.8, 4) is 5.88 Å². The maximum absolute atomic E-state index is 6.05. The minimum atomic E-state index is 0.285. The minimum Gasteiger partial charge on any atom is -0.481 e. The lowest BCUT2D eigenvalue weighted by atomic mass is 10.0. The zero-order valence-electron chi connectivity index (χ0n) is 11.8. The molecular formula is C16H19ClN2O. The lowest BCUT2D eigenvalue weighted by Gasteiger charge is -2.18. The Labute approximate surface area is 124 Å². The fraction of sp³-hybridized carbons (Fsp3) is 0.312. The first-order valence-electron chi connectivity index (χ1n) is 6.70. The average Bonchev–Trinajstić information content (AvgIpc) is 2.48. The van der Waals surface area contributed by atoms with Crippen molar-refractivity contribution >= 4 is 11.6 Å². The van der Waals surface area contributed by atoms with Gasteiger partial charge in [0.25, 0.3) is 0 Å². The second-order valence-corrected chi connectivity index (χ2v) is 5.04. The van der Waals surface area contributed by atoms with Crippen LogP contribution in [0.3, 0.4) is 0 Å². The van der Waals surface area contributed by atoms with Gasteiger partial charge in [0, 0.05) is 29.9 Å². The highest BCUT2D eigenvalue weighted by molar-refractivity contribution is 6.30. The molecule has 0 aliphatic carbocycles. The Morgan fingerprint density at radius 3 is 2.85 bits per heavy atom. The summed E-state index contributed by atoms with van der Waals surface area (Å²) in [5, 5.41) is 4.31. The summed E-state index contributed by atoms with van der Waals surface area (Å²) in [4.78, 5) is 4.11.